The van der Waals surface area contributed by atoms with E-state index in [1.165, 1.54) is 50.6 Å². The van der Waals surface area contributed by atoms with Gasteiger partial charge in [0.05, 0.1) is 30.9 Å². The lowest BCUT2D eigenvalue weighted by atomic mass is 10.2. The first-order valence-corrected chi connectivity index (χ1v) is 6.41. The van der Waals surface area contributed by atoms with Crippen molar-refractivity contribution in [3.8, 4) is 11.5 Å². The molecule has 2 aromatic carbocycles. The maximum absolute atomic E-state index is 10.6. The molecule has 9 heteroatoms. The van der Waals surface area contributed by atoms with Crippen molar-refractivity contribution in [1.29, 1.82) is 0 Å². The molecule has 0 atom stereocenters. The fourth-order valence-electron chi connectivity index (χ4n) is 1.80. The maximum atomic E-state index is 10.6. The number of rotatable bonds is 6. The van der Waals surface area contributed by atoms with Crippen LogP contribution < -0.4 is 14.6 Å². The number of non-ortho nitro benzene ring substituents is 1. The van der Waals surface area contributed by atoms with E-state index in [1.54, 1.807) is 0 Å². The minimum Gasteiger partial charge on any atom is -0.502 e. The summed E-state index contributed by atoms with van der Waals surface area (Å²) in [6.07, 6.45) is 0. The molecule has 0 radical (unpaired) electrons. The number of hydrogen-bond donors (Lipinski definition) is 1. The average Bonchev–Trinajstić information content (AvgIpc) is 2.59. The third-order valence-electron chi connectivity index (χ3n) is 2.96. The molecule has 23 heavy (non-hydrogen) atoms. The topological polar surface area (TPSA) is 123 Å². The summed E-state index contributed by atoms with van der Waals surface area (Å²) in [4.78, 5) is 10.1. The van der Waals surface area contributed by atoms with Gasteiger partial charge in [-0.05, 0) is 12.1 Å². The number of hydrogen-bond acceptors (Lipinski definition) is 6. The van der Waals surface area contributed by atoms with Crippen molar-refractivity contribution in [3.63, 3.8) is 0 Å². The Morgan fingerprint density at radius 2 is 1.74 bits per heavy atom. The molecule has 118 valence electrons. The standard InChI is InChI=1S/C14H13N5O4/c1-22-13-8-12(14(23-2)7-11(13)16-15)18-17-9-3-5-10(6-4-9)19(20)21/h3-8,16H,1-2H3. The minimum atomic E-state index is -0.491. The Labute approximate surface area is 131 Å². The second-order valence-corrected chi connectivity index (χ2v) is 4.31. The van der Waals surface area contributed by atoms with Crippen molar-refractivity contribution >= 4 is 22.7 Å². The van der Waals surface area contributed by atoms with E-state index in [1.807, 2.05) is 5.11 Å². The molecule has 0 amide bonds. The van der Waals surface area contributed by atoms with Crippen LogP contribution in [0.5, 0.6) is 11.5 Å². The molecule has 0 unspecified atom stereocenters. The van der Waals surface area contributed by atoms with Crippen LogP contribution in [0.2, 0.25) is 0 Å². The first-order valence-electron chi connectivity index (χ1n) is 6.41. The van der Waals surface area contributed by atoms with E-state index in [9.17, 15) is 10.1 Å². The Balaban J connectivity index is 2.34. The highest BCUT2D eigenvalue weighted by atomic mass is 16.6. The van der Waals surface area contributed by atoms with Crippen LogP contribution in [0.1, 0.15) is 0 Å². The van der Waals surface area contributed by atoms with Crippen molar-refractivity contribution in [3.05, 3.63) is 52.0 Å². The molecule has 0 bridgehead atoms. The van der Waals surface area contributed by atoms with Gasteiger partial charge in [-0.15, -0.1) is 5.11 Å². The fraction of sp³-hybridized carbons (Fsp3) is 0.143. The summed E-state index contributed by atoms with van der Waals surface area (Å²) in [7, 11) is 2.90. The molecule has 0 fully saturated rings. The van der Waals surface area contributed by atoms with Crippen molar-refractivity contribution in [1.82, 2.24) is 0 Å². The molecule has 0 aliphatic heterocycles. The molecule has 0 aliphatic carbocycles. The third kappa shape index (κ3) is 3.64. The molecule has 2 rings (SSSR count). The zero-order chi connectivity index (χ0) is 16.8. The average molecular weight is 315 g/mol. The molecule has 0 saturated carbocycles. The van der Waals surface area contributed by atoms with Crippen LogP contribution >= 0.6 is 0 Å². The van der Waals surface area contributed by atoms with E-state index in [0.29, 0.717) is 28.6 Å². The van der Waals surface area contributed by atoms with Gasteiger partial charge in [-0.1, -0.05) is 0 Å². The number of benzene rings is 2. The number of nitrogens with one attached hydrogen (secondary N) is 1. The Morgan fingerprint density at radius 1 is 1.09 bits per heavy atom. The Morgan fingerprint density at radius 3 is 2.26 bits per heavy atom. The number of methoxy groups -OCH3 is 2. The Bertz CT molecular complexity index is 759. The van der Waals surface area contributed by atoms with Gasteiger partial charge in [-0.3, -0.25) is 15.2 Å². The minimum absolute atomic E-state index is 0.0263. The lowest BCUT2D eigenvalue weighted by Crippen LogP contribution is -2.54. The zero-order valence-electron chi connectivity index (χ0n) is 12.4. The second-order valence-electron chi connectivity index (χ2n) is 4.31. The van der Waals surface area contributed by atoms with E-state index < -0.39 is 4.92 Å². The summed E-state index contributed by atoms with van der Waals surface area (Å²) in [6, 6.07) is 8.68. The monoisotopic (exact) mass is 315 g/mol. The normalized spacial score (nSPS) is 10.5. The van der Waals surface area contributed by atoms with Crippen LogP contribution in [-0.2, 0) is 0 Å². The van der Waals surface area contributed by atoms with Crippen molar-refractivity contribution in [2.45, 2.75) is 0 Å². The van der Waals surface area contributed by atoms with Crippen LogP contribution in [0.15, 0.2) is 46.6 Å². The van der Waals surface area contributed by atoms with Gasteiger partial charge in [0, 0.05) is 18.2 Å². The van der Waals surface area contributed by atoms with Gasteiger partial charge in [-0.25, -0.2) is 0 Å². The predicted octanol–water partition coefficient (Wildman–Crippen LogP) is 2.76. The van der Waals surface area contributed by atoms with Crippen molar-refractivity contribution in [2.75, 3.05) is 14.2 Å². The third-order valence-corrected chi connectivity index (χ3v) is 2.96. The largest absolute Gasteiger partial charge is 0.502 e. The van der Waals surface area contributed by atoms with E-state index >= 15 is 0 Å². The SMILES string of the molecule is COc1cc([NH+]=[N-])c(OC)cc1N=Nc1ccc([N+](=O)[O-])cc1. The molecule has 2 aromatic rings. The number of nitrogens with zero attached hydrogens (tertiary/aromatic N) is 4. The van der Waals surface area contributed by atoms with Crippen LogP contribution in [0.4, 0.5) is 22.7 Å². The van der Waals surface area contributed by atoms with E-state index in [-0.39, 0.29) is 5.69 Å². The molecular formula is C14H13N5O4. The van der Waals surface area contributed by atoms with Crippen LogP contribution in [0.3, 0.4) is 0 Å². The first-order chi connectivity index (χ1) is 11.1. The highest BCUT2D eigenvalue weighted by Crippen LogP contribution is 2.36. The quantitative estimate of drug-likeness (QED) is 0.500. The van der Waals surface area contributed by atoms with Gasteiger partial charge in [0.25, 0.3) is 5.69 Å². The van der Waals surface area contributed by atoms with Crippen molar-refractivity contribution in [2.24, 2.45) is 10.2 Å². The van der Waals surface area contributed by atoms with Gasteiger partial charge >= 0.3 is 0 Å². The Kier molecular flexibility index (Phi) is 4.92. The molecule has 1 N–H and O–H groups in total. The predicted molar refractivity (Wildman–Crippen MR) is 80.8 cm³/mol. The fourth-order valence-corrected chi connectivity index (χ4v) is 1.80. The summed E-state index contributed by atoms with van der Waals surface area (Å²) in [5.41, 5.74) is 10.2. The first kappa shape index (κ1) is 16.0. The summed E-state index contributed by atoms with van der Waals surface area (Å²) in [5, 5.41) is 20.6. The summed E-state index contributed by atoms with van der Waals surface area (Å²) in [6.45, 7) is 0. The summed E-state index contributed by atoms with van der Waals surface area (Å²) in [5.74, 6) is 0.721. The summed E-state index contributed by atoms with van der Waals surface area (Å²) < 4.78 is 10.3. The molecular weight excluding hydrogens is 302 g/mol. The molecule has 9 nitrogen and oxygen atoms in total. The molecule has 0 saturated heterocycles. The highest BCUT2D eigenvalue weighted by Gasteiger charge is 2.13. The number of nitro benzene ring substituents is 1. The van der Waals surface area contributed by atoms with Gasteiger partial charge in [0.1, 0.15) is 5.69 Å². The van der Waals surface area contributed by atoms with Gasteiger partial charge in [-0.2, -0.15) is 5.11 Å². The lowest BCUT2D eigenvalue weighted by Gasteiger charge is -2.07. The number of azo groups is 1. The molecule has 0 aromatic heterocycles. The van der Waals surface area contributed by atoms with Crippen LogP contribution in [-0.4, -0.2) is 19.1 Å². The smallest absolute Gasteiger partial charge is 0.269 e. The van der Waals surface area contributed by atoms with Gasteiger partial charge in [0.2, 0.25) is 5.69 Å². The van der Waals surface area contributed by atoms with Gasteiger partial charge < -0.3 is 15.0 Å². The highest BCUT2D eigenvalue weighted by molar-refractivity contribution is 5.63. The van der Waals surface area contributed by atoms with Crippen LogP contribution in [0, 0.1) is 10.1 Å². The van der Waals surface area contributed by atoms with E-state index in [0.717, 1.165) is 0 Å². The van der Waals surface area contributed by atoms with Gasteiger partial charge in [0.15, 0.2) is 11.5 Å². The Hall–Kier alpha value is -3.36. The van der Waals surface area contributed by atoms with Crippen LogP contribution in [0.25, 0.3) is 5.53 Å². The second kappa shape index (κ2) is 7.07. The lowest BCUT2D eigenvalue weighted by molar-refractivity contribution is -0.384. The molecule has 0 heterocycles. The number of nitro groups is 1. The van der Waals surface area contributed by atoms with Crippen molar-refractivity contribution < 1.29 is 19.5 Å². The molecule has 0 spiro atoms. The number of ether oxygens (including phenoxy) is 2. The zero-order valence-corrected chi connectivity index (χ0v) is 12.4. The van der Waals surface area contributed by atoms with E-state index in [4.69, 9.17) is 15.0 Å². The summed E-state index contributed by atoms with van der Waals surface area (Å²) >= 11 is 0. The maximum Gasteiger partial charge on any atom is 0.269 e. The van der Waals surface area contributed by atoms with E-state index in [2.05, 4.69) is 10.2 Å². The molecule has 0 aliphatic rings.